The first-order valence-electron chi connectivity index (χ1n) is 9.71. The maximum Gasteiger partial charge on any atom is 0.234 e. The van der Waals surface area contributed by atoms with E-state index in [-0.39, 0.29) is 11.7 Å². The Kier molecular flexibility index (Phi) is 6.48. The minimum atomic E-state index is -0.174. The summed E-state index contributed by atoms with van der Waals surface area (Å²) in [7, 11) is 5.29. The average molecular weight is 469 g/mol. The smallest absolute Gasteiger partial charge is 0.234 e. The summed E-state index contributed by atoms with van der Waals surface area (Å²) in [6.07, 6.45) is 1.92. The molecule has 8 nitrogen and oxygen atoms in total. The van der Waals surface area contributed by atoms with E-state index in [1.54, 1.807) is 30.0 Å². The Hall–Kier alpha value is -3.30. The Balaban J connectivity index is 1.47. The van der Waals surface area contributed by atoms with E-state index >= 15 is 0 Å². The molecule has 4 aromatic rings. The van der Waals surface area contributed by atoms with Gasteiger partial charge in [-0.3, -0.25) is 9.48 Å². The largest absolute Gasteiger partial charge is 0.495 e. The lowest BCUT2D eigenvalue weighted by Gasteiger charge is -2.08. The molecule has 0 unspecified atom stereocenters. The number of aromatic nitrogens is 5. The van der Waals surface area contributed by atoms with Gasteiger partial charge in [-0.25, -0.2) is 0 Å². The van der Waals surface area contributed by atoms with Gasteiger partial charge in [-0.2, -0.15) is 5.10 Å². The number of carbonyl (C=O) groups excluding carboxylic acids is 1. The molecule has 0 spiro atoms. The van der Waals surface area contributed by atoms with Crippen molar-refractivity contribution in [3.8, 4) is 28.4 Å². The van der Waals surface area contributed by atoms with Crippen molar-refractivity contribution in [3.63, 3.8) is 0 Å². The summed E-state index contributed by atoms with van der Waals surface area (Å²) in [6.45, 7) is 0. The lowest BCUT2D eigenvalue weighted by atomic mass is 10.1. The van der Waals surface area contributed by atoms with Gasteiger partial charge in [-0.15, -0.1) is 10.2 Å². The third-order valence-electron chi connectivity index (χ3n) is 4.72. The molecule has 0 atom stereocenters. The monoisotopic (exact) mass is 468 g/mol. The van der Waals surface area contributed by atoms with Crippen molar-refractivity contribution in [2.75, 3.05) is 18.2 Å². The molecule has 0 radical (unpaired) electrons. The second-order valence-corrected chi connectivity index (χ2v) is 8.33. The average Bonchev–Trinajstić information content (AvgIpc) is 3.35. The molecule has 1 N–H and O–H groups in total. The second kappa shape index (κ2) is 9.46. The number of hydrogen-bond acceptors (Lipinski definition) is 6. The molecule has 0 aliphatic heterocycles. The lowest BCUT2D eigenvalue weighted by molar-refractivity contribution is -0.113. The zero-order chi connectivity index (χ0) is 22.7. The number of amides is 1. The molecular weight excluding hydrogens is 448 g/mol. The number of hydrogen-bond donors (Lipinski definition) is 1. The van der Waals surface area contributed by atoms with Gasteiger partial charge in [0.2, 0.25) is 5.91 Å². The van der Waals surface area contributed by atoms with Crippen molar-refractivity contribution in [2.45, 2.75) is 5.16 Å². The molecule has 2 aromatic heterocycles. The Bertz CT molecular complexity index is 1250. The third kappa shape index (κ3) is 4.63. The molecular formula is C22H21ClN6O2S. The van der Waals surface area contributed by atoms with E-state index in [2.05, 4.69) is 20.6 Å². The van der Waals surface area contributed by atoms with Crippen molar-refractivity contribution in [3.05, 3.63) is 59.8 Å². The number of halogens is 1. The predicted molar refractivity (Wildman–Crippen MR) is 126 cm³/mol. The van der Waals surface area contributed by atoms with E-state index < -0.39 is 0 Å². The van der Waals surface area contributed by atoms with E-state index in [0.29, 0.717) is 27.4 Å². The Morgan fingerprint density at radius 2 is 1.94 bits per heavy atom. The summed E-state index contributed by atoms with van der Waals surface area (Å²) in [5.74, 6) is 1.23. The third-order valence-corrected chi connectivity index (χ3v) is 6.04. The van der Waals surface area contributed by atoms with Crippen molar-refractivity contribution >= 4 is 35.0 Å². The molecule has 0 aliphatic carbocycles. The fraction of sp³-hybridized carbons (Fsp3) is 0.182. The molecule has 2 heterocycles. The zero-order valence-corrected chi connectivity index (χ0v) is 19.3. The highest BCUT2D eigenvalue weighted by Crippen LogP contribution is 2.31. The molecule has 0 fully saturated rings. The van der Waals surface area contributed by atoms with Crippen LogP contribution in [0, 0.1) is 0 Å². The number of carbonyl (C=O) groups is 1. The highest BCUT2D eigenvalue weighted by Gasteiger charge is 2.19. The van der Waals surface area contributed by atoms with Gasteiger partial charge >= 0.3 is 0 Å². The summed E-state index contributed by atoms with van der Waals surface area (Å²) >= 11 is 7.42. The number of benzene rings is 2. The molecule has 4 rings (SSSR count). The number of thioether (sulfide) groups is 1. The summed E-state index contributed by atoms with van der Waals surface area (Å²) in [6, 6.07) is 15.0. The normalized spacial score (nSPS) is 10.9. The summed E-state index contributed by atoms with van der Waals surface area (Å²) < 4.78 is 8.75. The number of anilines is 1. The summed E-state index contributed by atoms with van der Waals surface area (Å²) in [5, 5.41) is 17.1. The number of nitrogens with zero attached hydrogens (tertiary/aromatic N) is 5. The standard InChI is InChI=1S/C22H21ClN6O2S/c1-28-12-16(20(27-28)14-7-5-4-6-8-14)21-25-26-22(29(21)2)32-13-19(30)24-15-9-10-18(31-3)17(23)11-15/h4-12H,13H2,1-3H3,(H,24,30). The van der Waals surface area contributed by atoms with E-state index in [9.17, 15) is 4.79 Å². The van der Waals surface area contributed by atoms with Crippen molar-refractivity contribution in [1.29, 1.82) is 0 Å². The zero-order valence-electron chi connectivity index (χ0n) is 17.7. The van der Waals surface area contributed by atoms with Crippen LogP contribution in [0.2, 0.25) is 5.02 Å². The minimum absolute atomic E-state index is 0.174. The molecule has 32 heavy (non-hydrogen) atoms. The number of ether oxygens (including phenoxy) is 1. The van der Waals surface area contributed by atoms with Crippen molar-refractivity contribution in [2.24, 2.45) is 14.1 Å². The van der Waals surface area contributed by atoms with Crippen LogP contribution in [-0.2, 0) is 18.9 Å². The molecule has 1 amide bonds. The topological polar surface area (TPSA) is 86.9 Å². The highest BCUT2D eigenvalue weighted by molar-refractivity contribution is 7.99. The molecule has 0 aliphatic rings. The number of rotatable bonds is 7. The van der Waals surface area contributed by atoms with Crippen LogP contribution in [0.5, 0.6) is 5.75 Å². The summed E-state index contributed by atoms with van der Waals surface area (Å²) in [5.41, 5.74) is 3.30. The van der Waals surface area contributed by atoms with Gasteiger partial charge in [0.25, 0.3) is 0 Å². The highest BCUT2D eigenvalue weighted by atomic mass is 35.5. The number of aryl methyl sites for hydroxylation is 1. The fourth-order valence-electron chi connectivity index (χ4n) is 3.21. The van der Waals surface area contributed by atoms with Crippen LogP contribution >= 0.6 is 23.4 Å². The summed E-state index contributed by atoms with van der Waals surface area (Å²) in [4.78, 5) is 12.4. The number of nitrogens with one attached hydrogen (secondary N) is 1. The first kappa shape index (κ1) is 21.9. The van der Waals surface area contributed by atoms with E-state index in [1.165, 1.54) is 11.8 Å². The van der Waals surface area contributed by atoms with E-state index in [0.717, 1.165) is 16.8 Å². The maximum atomic E-state index is 12.4. The Labute approximate surface area is 194 Å². The van der Waals surface area contributed by atoms with Crippen molar-refractivity contribution in [1.82, 2.24) is 24.5 Å². The molecule has 10 heteroatoms. The van der Waals surface area contributed by atoms with Crippen LogP contribution in [0.25, 0.3) is 22.6 Å². The van der Waals surface area contributed by atoms with Gasteiger partial charge < -0.3 is 14.6 Å². The maximum absolute atomic E-state index is 12.4. The van der Waals surface area contributed by atoms with Crippen molar-refractivity contribution < 1.29 is 9.53 Å². The van der Waals surface area contributed by atoms with Crippen LogP contribution in [0.1, 0.15) is 0 Å². The quantitative estimate of drug-likeness (QED) is 0.407. The van der Waals surface area contributed by atoms with E-state index in [1.807, 2.05) is 55.2 Å². The molecule has 0 saturated carbocycles. The predicted octanol–water partition coefficient (Wildman–Crippen LogP) is 4.28. The molecule has 164 valence electrons. The SMILES string of the molecule is COc1ccc(NC(=O)CSc2nnc(-c3cn(C)nc3-c3ccccc3)n2C)cc1Cl. The fourth-order valence-corrected chi connectivity index (χ4v) is 4.18. The lowest BCUT2D eigenvalue weighted by Crippen LogP contribution is -2.14. The Morgan fingerprint density at radius 1 is 1.16 bits per heavy atom. The molecule has 0 saturated heterocycles. The van der Waals surface area contributed by atoms with Gasteiger partial charge in [-0.05, 0) is 18.2 Å². The van der Waals surface area contributed by atoms with Crippen LogP contribution in [0.15, 0.2) is 59.9 Å². The van der Waals surface area contributed by atoms with Gasteiger partial charge in [0.15, 0.2) is 11.0 Å². The first-order valence-corrected chi connectivity index (χ1v) is 11.1. The number of methoxy groups -OCH3 is 1. The minimum Gasteiger partial charge on any atom is -0.495 e. The van der Waals surface area contributed by atoms with Crippen LogP contribution in [-0.4, -0.2) is 43.3 Å². The van der Waals surface area contributed by atoms with Crippen LogP contribution in [0.3, 0.4) is 0 Å². The Morgan fingerprint density at radius 3 is 2.66 bits per heavy atom. The van der Waals surface area contributed by atoms with Gasteiger partial charge in [0.1, 0.15) is 11.4 Å². The van der Waals surface area contributed by atoms with Gasteiger partial charge in [-0.1, -0.05) is 53.7 Å². The van der Waals surface area contributed by atoms with E-state index in [4.69, 9.17) is 16.3 Å². The van der Waals surface area contributed by atoms with Gasteiger partial charge in [0.05, 0.1) is 23.4 Å². The second-order valence-electron chi connectivity index (χ2n) is 6.98. The van der Waals surface area contributed by atoms with Crippen LogP contribution in [0.4, 0.5) is 5.69 Å². The first-order chi connectivity index (χ1) is 15.5. The van der Waals surface area contributed by atoms with Gasteiger partial charge in [0, 0.05) is 31.5 Å². The molecule has 0 bridgehead atoms. The molecule has 2 aromatic carbocycles. The van der Waals surface area contributed by atoms with Crippen LogP contribution < -0.4 is 10.1 Å².